The second kappa shape index (κ2) is 12.4. The summed E-state index contributed by atoms with van der Waals surface area (Å²) >= 11 is 6.60. The molecule has 2 aliphatic rings. The number of H-pyrrole nitrogens is 1. The van der Waals surface area contributed by atoms with Gasteiger partial charge in [-0.15, -0.1) is 0 Å². The quantitative estimate of drug-likeness (QED) is 0.342. The molecule has 37 heavy (non-hydrogen) atoms. The third-order valence-electron chi connectivity index (χ3n) is 7.14. The standard InChI is InChI=1S/C27H34ClN5O4/c1-37-23(35)14-17-9-12-19-21(13-17)30-22(34)6-4-2-3-5-20(26-32-24(19)25(28)33-26)31-27(36)18-10-7-16(15-29)8-11-18/h2-3,9,12-13,16,18,20H,4-8,10-11,14-15,29H2,1H3,(H,30,34)(H,31,36)(H,32,33)/b3-2+/t16?,18?,20-/m0/s1. The van der Waals surface area contributed by atoms with Crippen LogP contribution in [0.4, 0.5) is 5.69 Å². The van der Waals surface area contributed by atoms with Crippen molar-refractivity contribution in [2.75, 3.05) is 19.0 Å². The first kappa shape index (κ1) is 26.9. The van der Waals surface area contributed by atoms with Gasteiger partial charge in [-0.3, -0.25) is 14.4 Å². The van der Waals surface area contributed by atoms with Crippen molar-refractivity contribution in [1.29, 1.82) is 0 Å². The number of aromatic nitrogens is 2. The van der Waals surface area contributed by atoms with Crippen molar-refractivity contribution in [3.8, 4) is 11.3 Å². The molecule has 198 valence electrons. The highest BCUT2D eigenvalue weighted by Gasteiger charge is 2.29. The first-order valence-corrected chi connectivity index (χ1v) is 13.2. The van der Waals surface area contributed by atoms with Gasteiger partial charge in [-0.2, -0.15) is 0 Å². The number of hydrogen-bond donors (Lipinski definition) is 4. The summed E-state index contributed by atoms with van der Waals surface area (Å²) in [4.78, 5) is 45.5. The number of carbonyl (C=O) groups excluding carboxylic acids is 3. The predicted molar refractivity (Wildman–Crippen MR) is 142 cm³/mol. The van der Waals surface area contributed by atoms with Crippen molar-refractivity contribution in [2.45, 2.75) is 57.4 Å². The normalized spacial score (nSPS) is 22.9. The van der Waals surface area contributed by atoms with Crippen LogP contribution in [0.3, 0.4) is 0 Å². The third-order valence-corrected chi connectivity index (χ3v) is 7.41. The fourth-order valence-corrected chi connectivity index (χ4v) is 5.17. The minimum Gasteiger partial charge on any atom is -0.469 e. The molecular formula is C27H34ClN5O4. The summed E-state index contributed by atoms with van der Waals surface area (Å²) in [7, 11) is 1.33. The Kier molecular flexibility index (Phi) is 9.00. The number of methoxy groups -OCH3 is 1. The Bertz CT molecular complexity index is 1170. The molecule has 2 amide bonds. The lowest BCUT2D eigenvalue weighted by molar-refractivity contribution is -0.139. The van der Waals surface area contributed by atoms with Crippen LogP contribution < -0.4 is 16.4 Å². The zero-order chi connectivity index (χ0) is 26.4. The molecule has 1 aliphatic carbocycles. The Morgan fingerprint density at radius 3 is 2.73 bits per heavy atom. The Hall–Kier alpha value is -3.17. The van der Waals surface area contributed by atoms with Gasteiger partial charge in [0.2, 0.25) is 11.8 Å². The molecule has 1 aliphatic heterocycles. The van der Waals surface area contributed by atoms with Crippen molar-refractivity contribution in [3.05, 3.63) is 46.9 Å². The van der Waals surface area contributed by atoms with E-state index in [1.54, 1.807) is 18.2 Å². The van der Waals surface area contributed by atoms with Gasteiger partial charge in [-0.1, -0.05) is 35.9 Å². The number of benzene rings is 1. The Labute approximate surface area is 221 Å². The lowest BCUT2D eigenvalue weighted by Gasteiger charge is -2.28. The van der Waals surface area contributed by atoms with Crippen LogP contribution in [-0.4, -0.2) is 41.4 Å². The number of esters is 1. The molecule has 0 unspecified atom stereocenters. The summed E-state index contributed by atoms with van der Waals surface area (Å²) < 4.78 is 4.77. The van der Waals surface area contributed by atoms with Gasteiger partial charge in [0.1, 0.15) is 16.7 Å². The molecule has 0 radical (unpaired) electrons. The van der Waals surface area contributed by atoms with Crippen LogP contribution in [0.2, 0.25) is 5.15 Å². The number of carbonyl (C=O) groups is 3. The number of nitrogens with one attached hydrogen (secondary N) is 3. The molecular weight excluding hydrogens is 494 g/mol. The van der Waals surface area contributed by atoms with Crippen molar-refractivity contribution < 1.29 is 19.1 Å². The number of fused-ring (bicyclic) bond motifs is 4. The van der Waals surface area contributed by atoms with E-state index in [0.29, 0.717) is 58.8 Å². The largest absolute Gasteiger partial charge is 0.469 e. The van der Waals surface area contributed by atoms with Crippen molar-refractivity contribution in [3.63, 3.8) is 0 Å². The molecule has 2 bridgehead atoms. The highest BCUT2D eigenvalue weighted by atomic mass is 35.5. The number of aromatic amines is 1. The second-order valence-electron chi connectivity index (χ2n) is 9.73. The molecule has 5 N–H and O–H groups in total. The fourth-order valence-electron chi connectivity index (χ4n) is 4.93. The smallest absolute Gasteiger partial charge is 0.309 e. The van der Waals surface area contributed by atoms with Crippen LogP contribution in [0, 0.1) is 11.8 Å². The molecule has 1 atom stereocenters. The van der Waals surface area contributed by atoms with Crippen LogP contribution in [0.5, 0.6) is 0 Å². The monoisotopic (exact) mass is 527 g/mol. The maximum atomic E-state index is 13.2. The molecule has 2 aromatic rings. The molecule has 9 nitrogen and oxygen atoms in total. The van der Waals surface area contributed by atoms with E-state index in [2.05, 4.69) is 15.6 Å². The van der Waals surface area contributed by atoms with Crippen LogP contribution >= 0.6 is 11.6 Å². The number of nitrogens with two attached hydrogens (primary N) is 1. The molecule has 1 fully saturated rings. The molecule has 10 heteroatoms. The van der Waals surface area contributed by atoms with Gasteiger partial charge in [0.25, 0.3) is 0 Å². The molecule has 1 aromatic carbocycles. The maximum Gasteiger partial charge on any atom is 0.309 e. The Morgan fingerprint density at radius 1 is 1.22 bits per heavy atom. The average Bonchev–Trinajstić information content (AvgIpc) is 3.28. The SMILES string of the molecule is COC(=O)Cc1ccc2c(c1)NC(=O)CC/C=C/C[C@H](NC(=O)C1CCC(CN)CC1)c1nc-2c(Cl)[nH]1. The van der Waals surface area contributed by atoms with Crippen molar-refractivity contribution in [2.24, 2.45) is 17.6 Å². The maximum absolute atomic E-state index is 13.2. The Balaban J connectivity index is 1.63. The molecule has 1 saturated carbocycles. The number of anilines is 1. The highest BCUT2D eigenvalue weighted by Crippen LogP contribution is 2.35. The van der Waals surface area contributed by atoms with Crippen LogP contribution in [-0.2, 0) is 25.5 Å². The minimum atomic E-state index is -0.395. The van der Waals surface area contributed by atoms with E-state index in [1.807, 2.05) is 12.2 Å². The van der Waals surface area contributed by atoms with E-state index in [4.69, 9.17) is 27.1 Å². The zero-order valence-electron chi connectivity index (χ0n) is 21.0. The van der Waals surface area contributed by atoms with E-state index in [9.17, 15) is 14.4 Å². The molecule has 0 spiro atoms. The first-order valence-electron chi connectivity index (χ1n) is 12.8. The number of nitrogens with zero attached hydrogens (tertiary/aromatic N) is 1. The number of ether oxygens (including phenoxy) is 1. The summed E-state index contributed by atoms with van der Waals surface area (Å²) in [5.74, 6) is 0.465. The van der Waals surface area contributed by atoms with E-state index in [1.165, 1.54) is 7.11 Å². The van der Waals surface area contributed by atoms with Crippen LogP contribution in [0.25, 0.3) is 11.3 Å². The second-order valence-corrected chi connectivity index (χ2v) is 10.1. The lowest BCUT2D eigenvalue weighted by Crippen LogP contribution is -2.36. The van der Waals surface area contributed by atoms with Crippen LogP contribution in [0.15, 0.2) is 30.4 Å². The summed E-state index contributed by atoms with van der Waals surface area (Å²) in [6, 6.07) is 4.90. The number of rotatable bonds is 5. The fraction of sp³-hybridized carbons (Fsp3) is 0.481. The summed E-state index contributed by atoms with van der Waals surface area (Å²) in [5, 5.41) is 6.41. The number of allylic oxidation sites excluding steroid dienone is 1. The number of amides is 2. The third kappa shape index (κ3) is 6.78. The summed E-state index contributed by atoms with van der Waals surface area (Å²) in [6.07, 6.45) is 8.90. The van der Waals surface area contributed by atoms with E-state index in [-0.39, 0.29) is 36.5 Å². The molecule has 4 rings (SSSR count). The van der Waals surface area contributed by atoms with Gasteiger partial charge >= 0.3 is 5.97 Å². The predicted octanol–water partition coefficient (Wildman–Crippen LogP) is 4.05. The first-order chi connectivity index (χ1) is 17.9. The van der Waals surface area contributed by atoms with E-state index < -0.39 is 6.04 Å². The molecule has 2 heterocycles. The molecule has 1 aromatic heterocycles. The minimum absolute atomic E-state index is 0.0111. The number of imidazole rings is 1. The van der Waals surface area contributed by atoms with Gasteiger partial charge in [0.15, 0.2) is 0 Å². The summed E-state index contributed by atoms with van der Waals surface area (Å²) in [5.41, 5.74) is 8.08. The van der Waals surface area contributed by atoms with E-state index >= 15 is 0 Å². The zero-order valence-corrected chi connectivity index (χ0v) is 21.8. The summed E-state index contributed by atoms with van der Waals surface area (Å²) in [6.45, 7) is 0.665. The highest BCUT2D eigenvalue weighted by molar-refractivity contribution is 6.32. The van der Waals surface area contributed by atoms with Crippen LogP contribution in [0.1, 0.15) is 62.4 Å². The number of halogens is 1. The molecule has 0 saturated heterocycles. The van der Waals surface area contributed by atoms with Gasteiger partial charge < -0.3 is 26.1 Å². The number of hydrogen-bond acceptors (Lipinski definition) is 6. The van der Waals surface area contributed by atoms with Crippen molar-refractivity contribution in [1.82, 2.24) is 15.3 Å². The van der Waals surface area contributed by atoms with E-state index in [0.717, 1.165) is 25.7 Å². The van der Waals surface area contributed by atoms with Gasteiger partial charge in [-0.25, -0.2) is 4.98 Å². The topological polar surface area (TPSA) is 139 Å². The Morgan fingerprint density at radius 2 is 2.00 bits per heavy atom. The lowest BCUT2D eigenvalue weighted by atomic mass is 9.81. The van der Waals surface area contributed by atoms with Gasteiger partial charge in [0.05, 0.1) is 25.3 Å². The van der Waals surface area contributed by atoms with Crippen molar-refractivity contribution >= 4 is 35.1 Å². The van der Waals surface area contributed by atoms with Gasteiger partial charge in [0, 0.05) is 17.9 Å². The van der Waals surface area contributed by atoms with Gasteiger partial charge in [-0.05, 0) is 62.6 Å². The average molecular weight is 528 g/mol.